The molecule has 1 saturated carbocycles. The van der Waals surface area contributed by atoms with Gasteiger partial charge in [-0.2, -0.15) is 0 Å². The van der Waals surface area contributed by atoms with Gasteiger partial charge in [0.2, 0.25) is 0 Å². The molecule has 1 aromatic carbocycles. The number of benzene rings is 1. The third-order valence-corrected chi connectivity index (χ3v) is 11.2. The summed E-state index contributed by atoms with van der Waals surface area (Å²) in [6.45, 7) is 5.93. The summed E-state index contributed by atoms with van der Waals surface area (Å²) in [7, 11) is -0.971. The van der Waals surface area contributed by atoms with Crippen molar-refractivity contribution in [2.75, 3.05) is 31.0 Å². The van der Waals surface area contributed by atoms with Crippen molar-refractivity contribution in [3.8, 4) is 0 Å². The fourth-order valence-electron chi connectivity index (χ4n) is 4.11. The molecule has 2 aliphatic rings. The number of hydrogen-bond acceptors (Lipinski definition) is 2. The molecule has 0 unspecified atom stereocenters. The molecule has 134 valence electrons. The van der Waals surface area contributed by atoms with Crippen molar-refractivity contribution in [3.05, 3.63) is 35.4 Å². The summed E-state index contributed by atoms with van der Waals surface area (Å²) in [4.78, 5) is 13.2. The molecule has 1 saturated heterocycles. The molecular formula is C21H32O2S. The Balaban J connectivity index is 1.76. The van der Waals surface area contributed by atoms with Gasteiger partial charge in [0.05, 0.1) is 18.0 Å². The van der Waals surface area contributed by atoms with Gasteiger partial charge in [0.1, 0.15) is 0 Å². The zero-order valence-corrected chi connectivity index (χ0v) is 16.3. The SMILES string of the molecule is CC(C)(C(=O)c1ccc(C2CCCCC2)cc1)S1(C)CCOCC1. The molecule has 1 aliphatic carbocycles. The topological polar surface area (TPSA) is 26.3 Å². The molecule has 1 aliphatic heterocycles. The van der Waals surface area contributed by atoms with E-state index in [1.54, 1.807) is 0 Å². The second kappa shape index (κ2) is 7.21. The first-order valence-electron chi connectivity index (χ1n) is 9.40. The highest BCUT2D eigenvalue weighted by Crippen LogP contribution is 2.58. The maximum Gasteiger partial charge on any atom is 0.176 e. The summed E-state index contributed by atoms with van der Waals surface area (Å²) >= 11 is 0. The summed E-state index contributed by atoms with van der Waals surface area (Å²) in [5.74, 6) is 3.12. The number of Topliss-reactive ketones (excluding diaryl/α,β-unsaturated/α-hetero) is 1. The smallest absolute Gasteiger partial charge is 0.176 e. The van der Waals surface area contributed by atoms with Crippen molar-refractivity contribution in [1.29, 1.82) is 0 Å². The summed E-state index contributed by atoms with van der Waals surface area (Å²) in [5.41, 5.74) is 2.31. The van der Waals surface area contributed by atoms with Gasteiger partial charge in [0.25, 0.3) is 0 Å². The van der Waals surface area contributed by atoms with E-state index < -0.39 is 10.0 Å². The van der Waals surface area contributed by atoms with Crippen LogP contribution in [0.15, 0.2) is 24.3 Å². The minimum atomic E-state index is -0.971. The zero-order chi connectivity index (χ0) is 17.2. The van der Waals surface area contributed by atoms with Crippen molar-refractivity contribution in [1.82, 2.24) is 0 Å². The minimum Gasteiger partial charge on any atom is -0.380 e. The van der Waals surface area contributed by atoms with Gasteiger partial charge in [-0.25, -0.2) is 10.0 Å². The molecule has 1 heterocycles. The van der Waals surface area contributed by atoms with Crippen molar-refractivity contribution in [3.63, 3.8) is 0 Å². The monoisotopic (exact) mass is 348 g/mol. The van der Waals surface area contributed by atoms with Gasteiger partial charge in [0.15, 0.2) is 5.78 Å². The maximum absolute atomic E-state index is 13.2. The fourth-order valence-corrected chi connectivity index (χ4v) is 6.88. The van der Waals surface area contributed by atoms with Crippen LogP contribution in [-0.2, 0) is 4.74 Å². The average Bonchev–Trinajstić information content (AvgIpc) is 2.62. The van der Waals surface area contributed by atoms with Crippen molar-refractivity contribution < 1.29 is 9.53 Å². The van der Waals surface area contributed by atoms with E-state index in [2.05, 4.69) is 44.4 Å². The van der Waals surface area contributed by atoms with Crippen LogP contribution in [-0.4, -0.2) is 41.5 Å². The van der Waals surface area contributed by atoms with E-state index in [1.165, 1.54) is 37.7 Å². The molecule has 24 heavy (non-hydrogen) atoms. The lowest BCUT2D eigenvalue weighted by Gasteiger charge is -2.50. The molecule has 3 heteroatoms. The largest absolute Gasteiger partial charge is 0.380 e. The van der Waals surface area contributed by atoms with Gasteiger partial charge in [-0.1, -0.05) is 43.5 Å². The molecule has 0 radical (unpaired) electrons. The normalized spacial score (nSPS) is 23.6. The summed E-state index contributed by atoms with van der Waals surface area (Å²) in [6.07, 6.45) is 9.03. The van der Waals surface area contributed by atoms with Crippen LogP contribution in [0.2, 0.25) is 0 Å². The Hall–Kier alpha value is -0.800. The third kappa shape index (κ3) is 3.43. The van der Waals surface area contributed by atoms with Crippen LogP contribution < -0.4 is 0 Å². The van der Waals surface area contributed by atoms with Crippen LogP contribution in [0, 0.1) is 0 Å². The Labute approximate surface area is 148 Å². The number of rotatable bonds is 4. The van der Waals surface area contributed by atoms with Crippen LogP contribution in [0.4, 0.5) is 0 Å². The Kier molecular flexibility index (Phi) is 5.41. The lowest BCUT2D eigenvalue weighted by molar-refractivity contribution is 0.0953. The Morgan fingerprint density at radius 2 is 1.62 bits per heavy atom. The van der Waals surface area contributed by atoms with E-state index in [4.69, 9.17) is 4.74 Å². The van der Waals surface area contributed by atoms with Crippen molar-refractivity contribution in [2.45, 2.75) is 56.6 Å². The quantitative estimate of drug-likeness (QED) is 0.703. The highest BCUT2D eigenvalue weighted by atomic mass is 32.3. The molecule has 2 fully saturated rings. The fraction of sp³-hybridized carbons (Fsp3) is 0.667. The van der Waals surface area contributed by atoms with Crippen LogP contribution in [0.1, 0.15) is 67.8 Å². The van der Waals surface area contributed by atoms with Gasteiger partial charge in [-0.15, -0.1) is 0 Å². The molecule has 0 atom stereocenters. The number of hydrogen-bond donors (Lipinski definition) is 0. The standard InChI is InChI=1S/C21H32O2S/c1-21(2,24(3)15-13-23-14-16-24)20(22)19-11-9-18(10-12-19)17-7-5-4-6-8-17/h9-12,17H,4-8,13-16H2,1-3H3. The molecule has 0 spiro atoms. The maximum atomic E-state index is 13.2. The van der Waals surface area contributed by atoms with E-state index in [0.29, 0.717) is 11.7 Å². The van der Waals surface area contributed by atoms with Gasteiger partial charge in [-0.3, -0.25) is 4.79 Å². The summed E-state index contributed by atoms with van der Waals surface area (Å²) in [6, 6.07) is 8.58. The molecule has 2 nitrogen and oxygen atoms in total. The van der Waals surface area contributed by atoms with Crippen LogP contribution in [0.3, 0.4) is 0 Å². The van der Waals surface area contributed by atoms with Crippen molar-refractivity contribution in [2.24, 2.45) is 0 Å². The lowest BCUT2D eigenvalue weighted by Crippen LogP contribution is -2.43. The second-order valence-electron chi connectivity index (χ2n) is 8.09. The van der Waals surface area contributed by atoms with E-state index in [9.17, 15) is 4.79 Å². The molecular weight excluding hydrogens is 316 g/mol. The minimum absolute atomic E-state index is 0.275. The summed E-state index contributed by atoms with van der Waals surface area (Å²) < 4.78 is 5.26. The molecule has 0 amide bonds. The van der Waals surface area contributed by atoms with Crippen LogP contribution in [0.5, 0.6) is 0 Å². The number of ketones is 1. The third-order valence-electron chi connectivity index (χ3n) is 6.38. The first kappa shape index (κ1) is 18.0. The molecule has 1 aromatic rings. The zero-order valence-electron chi connectivity index (χ0n) is 15.5. The second-order valence-corrected chi connectivity index (χ2v) is 12.5. The van der Waals surface area contributed by atoms with Gasteiger partial charge in [-0.05, 0) is 44.4 Å². The van der Waals surface area contributed by atoms with E-state index in [0.717, 1.165) is 30.3 Å². The van der Waals surface area contributed by atoms with Crippen molar-refractivity contribution >= 4 is 15.8 Å². The number of carbonyl (C=O) groups excluding carboxylic acids is 1. The van der Waals surface area contributed by atoms with Gasteiger partial charge in [0, 0.05) is 17.1 Å². The van der Waals surface area contributed by atoms with Gasteiger partial charge < -0.3 is 4.74 Å². The highest BCUT2D eigenvalue weighted by Gasteiger charge is 2.43. The first-order valence-corrected chi connectivity index (χ1v) is 11.8. The average molecular weight is 349 g/mol. The van der Waals surface area contributed by atoms with E-state index in [-0.39, 0.29) is 4.75 Å². The van der Waals surface area contributed by atoms with Crippen LogP contribution in [0.25, 0.3) is 0 Å². The molecule has 0 N–H and O–H groups in total. The molecule has 0 bridgehead atoms. The summed E-state index contributed by atoms with van der Waals surface area (Å²) in [5, 5.41) is 0. The predicted octanol–water partition coefficient (Wildman–Crippen LogP) is 5.16. The lowest BCUT2D eigenvalue weighted by atomic mass is 9.83. The van der Waals surface area contributed by atoms with E-state index in [1.807, 2.05) is 0 Å². The Bertz CT molecular complexity index is 564. The Morgan fingerprint density at radius 3 is 2.21 bits per heavy atom. The highest BCUT2D eigenvalue weighted by molar-refractivity contribution is 8.34. The number of carbonyl (C=O) groups is 1. The number of ether oxygens (including phenoxy) is 1. The van der Waals surface area contributed by atoms with Gasteiger partial charge >= 0.3 is 0 Å². The predicted molar refractivity (Wildman–Crippen MR) is 105 cm³/mol. The van der Waals surface area contributed by atoms with E-state index >= 15 is 0 Å². The molecule has 0 aromatic heterocycles. The molecule has 3 rings (SSSR count). The van der Waals surface area contributed by atoms with Crippen LogP contribution >= 0.6 is 10.0 Å². The Morgan fingerprint density at radius 1 is 1.04 bits per heavy atom. The first-order chi connectivity index (χ1) is 11.4.